The zero-order chi connectivity index (χ0) is 13.1. The van der Waals surface area contributed by atoms with Gasteiger partial charge in [0, 0.05) is 0 Å². The summed E-state index contributed by atoms with van der Waals surface area (Å²) in [4.78, 5) is -0.208. The molecule has 6 heteroatoms. The monoisotopic (exact) mass is 254 g/mol. The first-order valence-corrected chi connectivity index (χ1v) is 6.67. The van der Waals surface area contributed by atoms with E-state index in [-0.39, 0.29) is 22.3 Å². The van der Waals surface area contributed by atoms with Crippen molar-refractivity contribution in [3.63, 3.8) is 0 Å². The third-order valence-electron chi connectivity index (χ3n) is 2.31. The molecule has 0 aliphatic rings. The first kappa shape index (κ1) is 13.5. The number of nitriles is 1. The first-order valence-electron chi connectivity index (χ1n) is 5.12. The van der Waals surface area contributed by atoms with Crippen LogP contribution in [-0.2, 0) is 10.0 Å². The Morgan fingerprint density at radius 1 is 1.53 bits per heavy atom. The molecule has 0 heterocycles. The van der Waals surface area contributed by atoms with Gasteiger partial charge in [0.05, 0.1) is 6.10 Å². The molecule has 92 valence electrons. The highest BCUT2D eigenvalue weighted by atomic mass is 32.2. The zero-order valence-electron chi connectivity index (χ0n) is 9.67. The fraction of sp³-hybridized carbons (Fsp3) is 0.364. The van der Waals surface area contributed by atoms with E-state index in [9.17, 15) is 8.42 Å². The van der Waals surface area contributed by atoms with Gasteiger partial charge in [0.2, 0.25) is 10.0 Å². The van der Waals surface area contributed by atoms with Crippen LogP contribution >= 0.6 is 0 Å². The third-order valence-corrected chi connectivity index (χ3v) is 3.26. The van der Waals surface area contributed by atoms with Crippen LogP contribution in [0.3, 0.4) is 0 Å². The first-order chi connectivity index (χ1) is 7.90. The summed E-state index contributed by atoms with van der Waals surface area (Å²) >= 11 is 0. The van der Waals surface area contributed by atoms with Crippen molar-refractivity contribution in [2.75, 3.05) is 0 Å². The summed E-state index contributed by atoms with van der Waals surface area (Å²) in [6.07, 6.45) is 0.655. The molecule has 1 aromatic rings. The highest BCUT2D eigenvalue weighted by Gasteiger charge is 2.18. The van der Waals surface area contributed by atoms with Crippen LogP contribution in [0.2, 0.25) is 0 Å². The Hall–Kier alpha value is -1.58. The van der Waals surface area contributed by atoms with Gasteiger partial charge in [0.1, 0.15) is 22.3 Å². The number of hydrogen-bond donors (Lipinski definition) is 1. The molecule has 0 radical (unpaired) electrons. The van der Waals surface area contributed by atoms with Crippen molar-refractivity contribution in [3.8, 4) is 11.8 Å². The molecule has 1 unspecified atom stereocenters. The number of ether oxygens (including phenoxy) is 1. The molecule has 1 rings (SSSR count). The SMILES string of the molecule is CCC(C)Oc1cccc(S(N)(=O)=O)c1C#N. The Morgan fingerprint density at radius 3 is 2.65 bits per heavy atom. The average Bonchev–Trinajstić information content (AvgIpc) is 2.27. The Labute approximate surface area is 101 Å². The molecule has 5 nitrogen and oxygen atoms in total. The predicted molar refractivity (Wildman–Crippen MR) is 62.9 cm³/mol. The molecule has 0 saturated carbocycles. The molecule has 0 bridgehead atoms. The van der Waals surface area contributed by atoms with Gasteiger partial charge in [-0.2, -0.15) is 5.26 Å². The van der Waals surface area contributed by atoms with E-state index in [1.807, 2.05) is 19.9 Å². The summed E-state index contributed by atoms with van der Waals surface area (Å²) in [6.45, 7) is 3.77. The van der Waals surface area contributed by atoms with Crippen molar-refractivity contribution in [2.24, 2.45) is 5.14 Å². The van der Waals surface area contributed by atoms with E-state index in [2.05, 4.69) is 0 Å². The number of benzene rings is 1. The Morgan fingerprint density at radius 2 is 2.18 bits per heavy atom. The number of hydrogen-bond acceptors (Lipinski definition) is 4. The van der Waals surface area contributed by atoms with E-state index in [1.54, 1.807) is 6.07 Å². The van der Waals surface area contributed by atoms with Crippen LogP contribution in [0, 0.1) is 11.3 Å². The molecule has 0 fully saturated rings. The van der Waals surface area contributed by atoms with E-state index in [0.717, 1.165) is 6.42 Å². The van der Waals surface area contributed by atoms with E-state index in [0.29, 0.717) is 0 Å². The van der Waals surface area contributed by atoms with Crippen LogP contribution in [0.4, 0.5) is 0 Å². The van der Waals surface area contributed by atoms with Crippen LogP contribution in [0.15, 0.2) is 23.1 Å². The minimum Gasteiger partial charge on any atom is -0.489 e. The largest absolute Gasteiger partial charge is 0.489 e. The average molecular weight is 254 g/mol. The lowest BCUT2D eigenvalue weighted by Crippen LogP contribution is -2.16. The van der Waals surface area contributed by atoms with Gasteiger partial charge >= 0.3 is 0 Å². The van der Waals surface area contributed by atoms with Gasteiger partial charge in [-0.25, -0.2) is 13.6 Å². The van der Waals surface area contributed by atoms with Crippen LogP contribution in [0.25, 0.3) is 0 Å². The molecule has 1 aromatic carbocycles. The zero-order valence-corrected chi connectivity index (χ0v) is 10.5. The standard InChI is InChI=1S/C11H14N2O3S/c1-3-8(2)16-10-5-4-6-11(9(10)7-12)17(13,14)15/h4-6,8H,3H2,1-2H3,(H2,13,14,15). The van der Waals surface area contributed by atoms with Crippen molar-refractivity contribution < 1.29 is 13.2 Å². The Kier molecular flexibility index (Phi) is 4.10. The summed E-state index contributed by atoms with van der Waals surface area (Å²) in [5, 5.41) is 14.0. The normalized spacial score (nSPS) is 12.8. The molecular weight excluding hydrogens is 240 g/mol. The second-order valence-electron chi connectivity index (χ2n) is 3.62. The lowest BCUT2D eigenvalue weighted by molar-refractivity contribution is 0.216. The molecule has 1 atom stereocenters. The summed E-state index contributed by atoms with van der Waals surface area (Å²) in [5.41, 5.74) is -0.0460. The molecule has 0 saturated heterocycles. The lowest BCUT2D eigenvalue weighted by Gasteiger charge is -2.14. The number of sulfonamides is 1. The van der Waals surface area contributed by atoms with Gasteiger partial charge in [0.25, 0.3) is 0 Å². The molecule has 0 amide bonds. The molecule has 0 spiro atoms. The molecule has 17 heavy (non-hydrogen) atoms. The minimum absolute atomic E-state index is 0.0460. The van der Waals surface area contributed by atoms with Gasteiger partial charge < -0.3 is 4.74 Å². The smallest absolute Gasteiger partial charge is 0.239 e. The number of rotatable bonds is 4. The second-order valence-corrected chi connectivity index (χ2v) is 5.15. The molecule has 0 aliphatic carbocycles. The van der Waals surface area contributed by atoms with Crippen molar-refractivity contribution in [1.82, 2.24) is 0 Å². The highest BCUT2D eigenvalue weighted by Crippen LogP contribution is 2.25. The van der Waals surface area contributed by atoms with Gasteiger partial charge in [-0.1, -0.05) is 13.0 Å². The van der Waals surface area contributed by atoms with Crippen LogP contribution in [-0.4, -0.2) is 14.5 Å². The molecule has 0 aromatic heterocycles. The van der Waals surface area contributed by atoms with Gasteiger partial charge in [-0.15, -0.1) is 0 Å². The third kappa shape index (κ3) is 3.19. The predicted octanol–water partition coefficient (Wildman–Crippen LogP) is 1.38. The van der Waals surface area contributed by atoms with Gasteiger partial charge in [-0.05, 0) is 25.5 Å². The van der Waals surface area contributed by atoms with E-state index >= 15 is 0 Å². The lowest BCUT2D eigenvalue weighted by atomic mass is 10.2. The second kappa shape index (κ2) is 5.17. The van der Waals surface area contributed by atoms with E-state index in [4.69, 9.17) is 15.1 Å². The number of nitrogens with zero attached hydrogens (tertiary/aromatic N) is 1. The van der Waals surface area contributed by atoms with E-state index in [1.165, 1.54) is 12.1 Å². The number of nitrogens with two attached hydrogens (primary N) is 1. The van der Waals surface area contributed by atoms with Crippen LogP contribution in [0.1, 0.15) is 25.8 Å². The summed E-state index contributed by atoms with van der Waals surface area (Å²) in [6, 6.07) is 6.16. The number of primary sulfonamides is 1. The van der Waals surface area contributed by atoms with Gasteiger partial charge in [-0.3, -0.25) is 0 Å². The highest BCUT2D eigenvalue weighted by molar-refractivity contribution is 7.89. The van der Waals surface area contributed by atoms with E-state index < -0.39 is 10.0 Å². The Balaban J connectivity index is 3.31. The fourth-order valence-electron chi connectivity index (χ4n) is 1.26. The van der Waals surface area contributed by atoms with Crippen molar-refractivity contribution in [1.29, 1.82) is 5.26 Å². The van der Waals surface area contributed by atoms with Crippen molar-refractivity contribution >= 4 is 10.0 Å². The van der Waals surface area contributed by atoms with Gasteiger partial charge in [0.15, 0.2) is 0 Å². The summed E-state index contributed by atoms with van der Waals surface area (Å²) in [7, 11) is -3.91. The maximum Gasteiger partial charge on any atom is 0.239 e. The summed E-state index contributed by atoms with van der Waals surface area (Å²) in [5.74, 6) is 0.244. The Bertz CT molecular complexity index is 546. The maximum absolute atomic E-state index is 11.3. The molecule has 2 N–H and O–H groups in total. The fourth-order valence-corrected chi connectivity index (χ4v) is 1.96. The van der Waals surface area contributed by atoms with Crippen molar-refractivity contribution in [3.05, 3.63) is 23.8 Å². The summed E-state index contributed by atoms with van der Waals surface area (Å²) < 4.78 is 28.1. The quantitative estimate of drug-likeness (QED) is 0.878. The van der Waals surface area contributed by atoms with Crippen LogP contribution in [0.5, 0.6) is 5.75 Å². The van der Waals surface area contributed by atoms with Crippen LogP contribution < -0.4 is 9.88 Å². The molecular formula is C11H14N2O3S. The maximum atomic E-state index is 11.3. The topological polar surface area (TPSA) is 93.2 Å². The molecule has 0 aliphatic heterocycles. The van der Waals surface area contributed by atoms with Crippen molar-refractivity contribution in [2.45, 2.75) is 31.3 Å². The minimum atomic E-state index is -3.91.